The Bertz CT molecular complexity index is 1040. The van der Waals surface area contributed by atoms with Crippen molar-refractivity contribution in [1.29, 1.82) is 0 Å². The third kappa shape index (κ3) is 3.79. The number of anilines is 3. The van der Waals surface area contributed by atoms with Crippen molar-refractivity contribution in [2.45, 2.75) is 51.0 Å². The van der Waals surface area contributed by atoms with Crippen LogP contribution in [0.25, 0.3) is 0 Å². The second-order valence-electron chi connectivity index (χ2n) is 7.68. The largest absolute Gasteiger partial charge is 0.339 e. The number of halogens is 1. The van der Waals surface area contributed by atoms with Crippen LogP contribution in [0.2, 0.25) is 0 Å². The van der Waals surface area contributed by atoms with Crippen LogP contribution in [-0.4, -0.2) is 34.4 Å². The summed E-state index contributed by atoms with van der Waals surface area (Å²) in [6.07, 6.45) is 3.84. The van der Waals surface area contributed by atoms with Crippen molar-refractivity contribution < 1.29 is 14.0 Å². The number of carbonyl (C=O) groups is 2. The molecule has 3 heterocycles. The van der Waals surface area contributed by atoms with E-state index in [9.17, 15) is 18.8 Å². The van der Waals surface area contributed by atoms with Crippen LogP contribution in [0, 0.1) is 5.82 Å². The van der Waals surface area contributed by atoms with E-state index in [1.165, 1.54) is 18.2 Å². The van der Waals surface area contributed by atoms with Crippen LogP contribution in [0.5, 0.6) is 0 Å². The predicted molar refractivity (Wildman–Crippen MR) is 111 cm³/mol. The smallest absolute Gasteiger partial charge is 0.258 e. The van der Waals surface area contributed by atoms with E-state index in [2.05, 4.69) is 32.4 Å². The molecule has 0 saturated carbocycles. The first-order chi connectivity index (χ1) is 14.5. The number of fused-ring (bicyclic) bond motifs is 1. The van der Waals surface area contributed by atoms with E-state index in [0.717, 1.165) is 32.2 Å². The summed E-state index contributed by atoms with van der Waals surface area (Å²) in [5.74, 6) is -2.18. The van der Waals surface area contributed by atoms with Gasteiger partial charge in [0.05, 0.1) is 17.2 Å². The summed E-state index contributed by atoms with van der Waals surface area (Å²) >= 11 is 0. The van der Waals surface area contributed by atoms with Crippen molar-refractivity contribution in [2.24, 2.45) is 0 Å². The summed E-state index contributed by atoms with van der Waals surface area (Å²) in [6.45, 7) is 2.86. The number of aromatic amines is 1. The molecule has 1 aromatic heterocycles. The number of amides is 2. The number of benzene rings is 1. The van der Waals surface area contributed by atoms with Gasteiger partial charge in [-0.3, -0.25) is 19.4 Å². The third-order valence-electron chi connectivity index (χ3n) is 5.76. The molecule has 0 aliphatic carbocycles. The normalized spacial score (nSPS) is 21.0. The quantitative estimate of drug-likeness (QED) is 0.715. The number of piperidine rings is 1. The minimum atomic E-state index is -1.05. The van der Waals surface area contributed by atoms with Crippen molar-refractivity contribution in [3.05, 3.63) is 46.0 Å². The van der Waals surface area contributed by atoms with Gasteiger partial charge in [0.15, 0.2) is 0 Å². The Morgan fingerprint density at radius 3 is 2.87 bits per heavy atom. The Labute approximate surface area is 172 Å². The molecule has 0 bridgehead atoms. The van der Waals surface area contributed by atoms with Gasteiger partial charge in [-0.25, -0.2) is 4.39 Å². The van der Waals surface area contributed by atoms with Crippen molar-refractivity contribution in [3.63, 3.8) is 0 Å². The lowest BCUT2D eigenvalue weighted by Crippen LogP contribution is -2.43. The molecule has 2 amide bonds. The SMILES string of the molecule is CC[C@H]1CCCCN1c1nc2c(c(=O)[nH]1)[C@H](C(=O)Nc1ccccc1F)CC(=O)N2. The number of nitrogens with zero attached hydrogens (tertiary/aromatic N) is 2. The fourth-order valence-electron chi connectivity index (χ4n) is 4.21. The van der Waals surface area contributed by atoms with Crippen molar-refractivity contribution in [1.82, 2.24) is 9.97 Å². The predicted octanol–water partition coefficient (Wildman–Crippen LogP) is 2.74. The molecule has 2 aliphatic rings. The molecule has 2 aromatic rings. The van der Waals surface area contributed by atoms with Gasteiger partial charge in [0.2, 0.25) is 17.8 Å². The van der Waals surface area contributed by atoms with Crippen LogP contribution in [0.3, 0.4) is 0 Å². The molecule has 3 N–H and O–H groups in total. The maximum absolute atomic E-state index is 13.9. The van der Waals surface area contributed by atoms with Gasteiger partial charge in [0.1, 0.15) is 11.6 Å². The van der Waals surface area contributed by atoms with Gasteiger partial charge in [-0.15, -0.1) is 0 Å². The molecule has 8 nitrogen and oxygen atoms in total. The average Bonchev–Trinajstić information content (AvgIpc) is 2.74. The molecule has 0 radical (unpaired) electrons. The van der Waals surface area contributed by atoms with Crippen molar-refractivity contribution >= 4 is 29.3 Å². The number of carbonyl (C=O) groups excluding carboxylic acids is 2. The highest BCUT2D eigenvalue weighted by molar-refractivity contribution is 6.04. The Morgan fingerprint density at radius 1 is 1.30 bits per heavy atom. The summed E-state index contributed by atoms with van der Waals surface area (Å²) < 4.78 is 13.9. The molecule has 30 heavy (non-hydrogen) atoms. The minimum Gasteiger partial charge on any atom is -0.339 e. The van der Waals surface area contributed by atoms with E-state index < -0.39 is 29.1 Å². The van der Waals surface area contributed by atoms with Gasteiger partial charge >= 0.3 is 0 Å². The van der Waals surface area contributed by atoms with Crippen LogP contribution in [-0.2, 0) is 9.59 Å². The monoisotopic (exact) mass is 413 g/mol. The van der Waals surface area contributed by atoms with Gasteiger partial charge in [0, 0.05) is 19.0 Å². The lowest BCUT2D eigenvalue weighted by molar-refractivity contribution is -0.123. The summed E-state index contributed by atoms with van der Waals surface area (Å²) in [4.78, 5) is 47.3. The minimum absolute atomic E-state index is 0.00450. The molecule has 9 heteroatoms. The Kier molecular flexibility index (Phi) is 5.52. The first kappa shape index (κ1) is 20.1. The van der Waals surface area contributed by atoms with E-state index in [1.807, 2.05) is 0 Å². The van der Waals surface area contributed by atoms with Crippen LogP contribution in [0.15, 0.2) is 29.1 Å². The molecule has 4 rings (SSSR count). The zero-order valence-electron chi connectivity index (χ0n) is 16.7. The molecule has 158 valence electrons. The zero-order valence-corrected chi connectivity index (χ0v) is 16.7. The Hall–Kier alpha value is -3.23. The third-order valence-corrected chi connectivity index (χ3v) is 5.76. The number of H-pyrrole nitrogens is 1. The summed E-state index contributed by atoms with van der Waals surface area (Å²) in [6, 6.07) is 6.00. The van der Waals surface area contributed by atoms with Gasteiger partial charge < -0.3 is 15.5 Å². The van der Waals surface area contributed by atoms with Gasteiger partial charge in [-0.1, -0.05) is 19.1 Å². The van der Waals surface area contributed by atoms with E-state index in [0.29, 0.717) is 5.95 Å². The average molecular weight is 413 g/mol. The van der Waals surface area contributed by atoms with Crippen molar-refractivity contribution in [3.8, 4) is 0 Å². The zero-order chi connectivity index (χ0) is 21.3. The van der Waals surface area contributed by atoms with Gasteiger partial charge in [-0.2, -0.15) is 4.98 Å². The molecule has 2 aliphatic heterocycles. The van der Waals surface area contributed by atoms with E-state index in [-0.39, 0.29) is 29.5 Å². The number of hydrogen-bond acceptors (Lipinski definition) is 5. The van der Waals surface area contributed by atoms with Gasteiger partial charge in [0.25, 0.3) is 5.56 Å². The highest BCUT2D eigenvalue weighted by Crippen LogP contribution is 2.32. The van der Waals surface area contributed by atoms with Crippen molar-refractivity contribution in [2.75, 3.05) is 22.1 Å². The second-order valence-corrected chi connectivity index (χ2v) is 7.68. The first-order valence-corrected chi connectivity index (χ1v) is 10.2. The maximum Gasteiger partial charge on any atom is 0.258 e. The summed E-state index contributed by atoms with van der Waals surface area (Å²) in [7, 11) is 0. The summed E-state index contributed by atoms with van der Waals surface area (Å²) in [5, 5.41) is 5.10. The topological polar surface area (TPSA) is 107 Å². The van der Waals surface area contributed by atoms with Crippen LogP contribution in [0.4, 0.5) is 21.8 Å². The van der Waals surface area contributed by atoms with E-state index in [1.54, 1.807) is 6.07 Å². The number of aromatic nitrogens is 2. The lowest BCUT2D eigenvalue weighted by Gasteiger charge is -2.36. The van der Waals surface area contributed by atoms with E-state index in [4.69, 9.17) is 0 Å². The highest BCUT2D eigenvalue weighted by atomic mass is 19.1. The molecule has 0 spiro atoms. The Balaban J connectivity index is 1.67. The number of nitrogens with one attached hydrogen (secondary N) is 3. The summed E-state index contributed by atoms with van der Waals surface area (Å²) in [5.41, 5.74) is -0.378. The number of para-hydroxylation sites is 1. The van der Waals surface area contributed by atoms with E-state index >= 15 is 0 Å². The standard InChI is InChI=1S/C21H24FN5O3/c1-2-12-7-5-6-10-27(12)21-25-18-17(20(30)26-21)13(11-16(28)24-18)19(29)23-15-9-4-3-8-14(15)22/h3-4,8-9,12-13H,2,5-7,10-11H2,1H3,(H,23,29)(H2,24,25,26,28,30)/t12-,13+/m0/s1. The second kappa shape index (κ2) is 8.25. The fourth-order valence-corrected chi connectivity index (χ4v) is 4.21. The molecule has 1 saturated heterocycles. The molecule has 1 fully saturated rings. The van der Waals surface area contributed by atoms with Crippen LogP contribution in [0.1, 0.15) is 50.5 Å². The van der Waals surface area contributed by atoms with Crippen LogP contribution >= 0.6 is 0 Å². The molecule has 2 atom stereocenters. The lowest BCUT2D eigenvalue weighted by atomic mass is 9.92. The first-order valence-electron chi connectivity index (χ1n) is 10.2. The Morgan fingerprint density at radius 2 is 2.10 bits per heavy atom. The fraction of sp³-hybridized carbons (Fsp3) is 0.429. The highest BCUT2D eigenvalue weighted by Gasteiger charge is 2.36. The number of hydrogen-bond donors (Lipinski definition) is 3. The molecule has 1 aromatic carbocycles. The molecular formula is C21H24FN5O3. The number of rotatable bonds is 4. The van der Waals surface area contributed by atoms with Gasteiger partial charge in [-0.05, 0) is 37.8 Å². The van der Waals surface area contributed by atoms with Crippen LogP contribution < -0.4 is 21.1 Å². The molecule has 0 unspecified atom stereocenters. The molecular weight excluding hydrogens is 389 g/mol. The maximum atomic E-state index is 13.9.